The van der Waals surface area contributed by atoms with Crippen molar-refractivity contribution in [2.24, 2.45) is 5.10 Å². The summed E-state index contributed by atoms with van der Waals surface area (Å²) >= 11 is 11.6. The highest BCUT2D eigenvalue weighted by atomic mass is 79.9. The zero-order chi connectivity index (χ0) is 17.3. The molecule has 3 rings (SSSR count). The van der Waals surface area contributed by atoms with Crippen LogP contribution in [0.15, 0.2) is 50.4 Å². The van der Waals surface area contributed by atoms with Crippen LogP contribution in [0.5, 0.6) is 11.5 Å². The molecule has 0 aliphatic carbocycles. The highest BCUT2D eigenvalue weighted by Crippen LogP contribution is 2.41. The van der Waals surface area contributed by atoms with Crippen molar-refractivity contribution >= 4 is 50.3 Å². The van der Waals surface area contributed by atoms with Crippen molar-refractivity contribution in [2.75, 3.05) is 0 Å². The molecule has 9 heteroatoms. The van der Waals surface area contributed by atoms with Gasteiger partial charge in [-0.25, -0.2) is 5.10 Å². The highest BCUT2D eigenvalue weighted by Gasteiger charge is 2.13. The molecule has 0 saturated carbocycles. The van der Waals surface area contributed by atoms with Gasteiger partial charge in [0, 0.05) is 11.1 Å². The maximum Gasteiger partial charge on any atom is 0.216 e. The third kappa shape index (κ3) is 3.14. The topological polar surface area (TPSA) is 86.4 Å². The van der Waals surface area contributed by atoms with Crippen LogP contribution in [-0.4, -0.2) is 31.3 Å². The van der Waals surface area contributed by atoms with Crippen molar-refractivity contribution in [3.63, 3.8) is 0 Å². The summed E-state index contributed by atoms with van der Waals surface area (Å²) in [4.78, 5) is 0. The Morgan fingerprint density at radius 3 is 2.58 bits per heavy atom. The molecule has 24 heavy (non-hydrogen) atoms. The van der Waals surface area contributed by atoms with Crippen LogP contribution in [0.4, 0.5) is 0 Å². The largest absolute Gasteiger partial charge is 0.503 e. The van der Waals surface area contributed by atoms with Gasteiger partial charge < -0.3 is 10.2 Å². The first kappa shape index (κ1) is 16.9. The summed E-state index contributed by atoms with van der Waals surface area (Å²) < 4.78 is 2.49. The summed E-state index contributed by atoms with van der Waals surface area (Å²) in [7, 11) is 0. The van der Waals surface area contributed by atoms with Crippen molar-refractivity contribution in [1.82, 2.24) is 14.9 Å². The number of nitrogens with zero attached hydrogens (tertiary/aromatic N) is 3. The second kappa shape index (κ2) is 6.88. The van der Waals surface area contributed by atoms with E-state index in [1.165, 1.54) is 10.9 Å². The fourth-order valence-electron chi connectivity index (χ4n) is 2.01. The molecule has 0 radical (unpaired) electrons. The van der Waals surface area contributed by atoms with Gasteiger partial charge in [0.1, 0.15) is 0 Å². The third-order valence-corrected chi connectivity index (χ3v) is 4.89. The van der Waals surface area contributed by atoms with E-state index in [0.29, 0.717) is 25.1 Å². The normalized spacial score (nSPS) is 11.2. The molecule has 2 aromatic carbocycles. The lowest BCUT2D eigenvalue weighted by molar-refractivity contribution is 0.399. The van der Waals surface area contributed by atoms with Gasteiger partial charge in [0.2, 0.25) is 4.77 Å². The second-order valence-electron chi connectivity index (χ2n) is 4.73. The summed E-state index contributed by atoms with van der Waals surface area (Å²) in [6, 6.07) is 11.1. The molecular weight excluding hydrogens is 460 g/mol. The van der Waals surface area contributed by atoms with E-state index in [1.54, 1.807) is 6.07 Å². The number of hydrogen-bond donors (Lipinski definition) is 3. The lowest BCUT2D eigenvalue weighted by atomic mass is 10.2. The fourth-order valence-corrected chi connectivity index (χ4v) is 3.03. The molecule has 0 fully saturated rings. The Morgan fingerprint density at radius 1 is 1.17 bits per heavy atom. The zero-order valence-corrected chi connectivity index (χ0v) is 15.9. The van der Waals surface area contributed by atoms with Gasteiger partial charge in [0.05, 0.1) is 15.2 Å². The average Bonchev–Trinajstić information content (AvgIpc) is 2.96. The summed E-state index contributed by atoms with van der Waals surface area (Å²) in [6.45, 7) is 0. The summed E-state index contributed by atoms with van der Waals surface area (Å²) in [5.74, 6) is 0.0452. The number of aromatic hydroxyl groups is 2. The molecule has 0 amide bonds. The lowest BCUT2D eigenvalue weighted by Gasteiger charge is -2.06. The molecule has 122 valence electrons. The summed E-state index contributed by atoms with van der Waals surface area (Å²) in [5, 5.41) is 30.8. The minimum absolute atomic E-state index is 0.246. The molecule has 0 aliphatic heterocycles. The van der Waals surface area contributed by atoms with Crippen LogP contribution < -0.4 is 0 Å². The van der Waals surface area contributed by atoms with E-state index >= 15 is 0 Å². The SMILES string of the molecule is Oc1c(Br)cc(/C=N/n2c(-c3ccccc3)n[nH]c2=S)c(Br)c1O. The molecule has 6 nitrogen and oxygen atoms in total. The minimum atomic E-state index is -0.273. The first-order chi connectivity index (χ1) is 11.5. The Morgan fingerprint density at radius 2 is 1.88 bits per heavy atom. The van der Waals surface area contributed by atoms with Crippen LogP contribution >= 0.6 is 44.1 Å². The van der Waals surface area contributed by atoms with Crippen molar-refractivity contribution in [3.8, 4) is 22.9 Å². The van der Waals surface area contributed by atoms with E-state index < -0.39 is 0 Å². The van der Waals surface area contributed by atoms with Crippen LogP contribution in [0, 0.1) is 4.77 Å². The van der Waals surface area contributed by atoms with Crippen LogP contribution in [0.25, 0.3) is 11.4 Å². The second-order valence-corrected chi connectivity index (χ2v) is 6.77. The minimum Gasteiger partial charge on any atom is -0.503 e. The number of halogens is 2. The number of rotatable bonds is 3. The van der Waals surface area contributed by atoms with Crippen molar-refractivity contribution in [2.45, 2.75) is 0 Å². The molecule has 3 N–H and O–H groups in total. The monoisotopic (exact) mass is 468 g/mol. The quantitative estimate of drug-likeness (QED) is 0.301. The van der Waals surface area contributed by atoms with Crippen molar-refractivity contribution in [1.29, 1.82) is 0 Å². The Hall–Kier alpha value is -1.97. The molecule has 3 aromatic rings. The number of benzene rings is 2. The van der Waals surface area contributed by atoms with Crippen molar-refractivity contribution < 1.29 is 10.2 Å². The smallest absolute Gasteiger partial charge is 0.216 e. The molecule has 0 atom stereocenters. The highest BCUT2D eigenvalue weighted by molar-refractivity contribution is 9.11. The Bertz CT molecular complexity index is 983. The molecule has 0 spiro atoms. The van der Waals surface area contributed by atoms with E-state index in [-0.39, 0.29) is 11.5 Å². The number of hydrogen-bond acceptors (Lipinski definition) is 5. The van der Waals surface area contributed by atoms with Gasteiger partial charge in [0.25, 0.3) is 0 Å². The molecule has 0 unspecified atom stereocenters. The Kier molecular flexibility index (Phi) is 4.83. The summed E-state index contributed by atoms with van der Waals surface area (Å²) in [6.07, 6.45) is 1.51. The van der Waals surface area contributed by atoms with Gasteiger partial charge in [0.15, 0.2) is 17.3 Å². The zero-order valence-electron chi connectivity index (χ0n) is 11.9. The predicted molar refractivity (Wildman–Crippen MR) is 101 cm³/mol. The van der Waals surface area contributed by atoms with Crippen LogP contribution in [0.3, 0.4) is 0 Å². The van der Waals surface area contributed by atoms with E-state index in [4.69, 9.17) is 12.2 Å². The van der Waals surface area contributed by atoms with Gasteiger partial charge in [-0.05, 0) is 50.1 Å². The van der Waals surface area contributed by atoms with Gasteiger partial charge in [-0.2, -0.15) is 14.9 Å². The number of aromatic nitrogens is 3. The molecular formula is C15H10Br2N4O2S. The lowest BCUT2D eigenvalue weighted by Crippen LogP contribution is -1.95. The van der Waals surface area contributed by atoms with E-state index in [2.05, 4.69) is 47.2 Å². The van der Waals surface area contributed by atoms with E-state index in [9.17, 15) is 10.2 Å². The van der Waals surface area contributed by atoms with Gasteiger partial charge in [-0.3, -0.25) is 0 Å². The van der Waals surface area contributed by atoms with Crippen LogP contribution in [-0.2, 0) is 0 Å². The maximum atomic E-state index is 9.88. The third-order valence-electron chi connectivity index (χ3n) is 3.19. The number of nitrogens with one attached hydrogen (secondary N) is 1. The number of phenols is 2. The van der Waals surface area contributed by atoms with Crippen molar-refractivity contribution in [3.05, 3.63) is 55.7 Å². The van der Waals surface area contributed by atoms with Crippen LogP contribution in [0.2, 0.25) is 0 Å². The van der Waals surface area contributed by atoms with E-state index in [1.807, 2.05) is 30.3 Å². The fraction of sp³-hybridized carbons (Fsp3) is 0. The first-order valence-electron chi connectivity index (χ1n) is 6.66. The number of H-pyrrole nitrogens is 1. The predicted octanol–water partition coefficient (Wildman–Crippen LogP) is 4.43. The molecule has 0 aliphatic rings. The number of aromatic amines is 1. The van der Waals surface area contributed by atoms with Gasteiger partial charge >= 0.3 is 0 Å². The van der Waals surface area contributed by atoms with Gasteiger partial charge in [-0.15, -0.1) is 0 Å². The molecule has 0 saturated heterocycles. The first-order valence-corrected chi connectivity index (χ1v) is 8.65. The van der Waals surface area contributed by atoms with Gasteiger partial charge in [-0.1, -0.05) is 30.3 Å². The Balaban J connectivity index is 2.06. The summed E-state index contributed by atoms with van der Waals surface area (Å²) in [5.41, 5.74) is 1.41. The average molecular weight is 470 g/mol. The van der Waals surface area contributed by atoms with E-state index in [0.717, 1.165) is 5.56 Å². The standard InChI is InChI=1S/C15H10Br2N4O2S/c16-10-6-9(11(17)13(23)12(10)22)7-18-21-14(19-20-15(21)24)8-4-2-1-3-5-8/h1-7,22-23H,(H,20,24)/b18-7+. The Labute approximate surface area is 158 Å². The molecule has 1 heterocycles. The molecule has 0 bridgehead atoms. The molecule has 1 aromatic heterocycles. The number of phenolic OH excluding ortho intramolecular Hbond substituents is 2. The maximum absolute atomic E-state index is 9.88. The van der Waals surface area contributed by atoms with Crippen LogP contribution in [0.1, 0.15) is 5.56 Å².